The monoisotopic (exact) mass is 181 g/mol. The van der Waals surface area contributed by atoms with E-state index in [0.29, 0.717) is 11.9 Å². The maximum atomic E-state index is 5.43. The summed E-state index contributed by atoms with van der Waals surface area (Å²) in [6.45, 7) is 2.18. The Bertz CT molecular complexity index is 283. The fourth-order valence-electron chi connectivity index (χ4n) is 1.74. The SMILES string of the molecule is CCC1(Nc2n[nH]c(N)n2)CCC1. The number of hydrogen-bond donors (Lipinski definition) is 3. The van der Waals surface area contributed by atoms with Crippen LogP contribution in [0.5, 0.6) is 0 Å². The molecule has 0 atom stereocenters. The van der Waals surface area contributed by atoms with E-state index in [9.17, 15) is 0 Å². The fourth-order valence-corrected chi connectivity index (χ4v) is 1.74. The molecule has 0 saturated heterocycles. The van der Waals surface area contributed by atoms with Gasteiger partial charge in [0.1, 0.15) is 0 Å². The second-order valence-corrected chi connectivity index (χ2v) is 3.66. The molecule has 1 aliphatic carbocycles. The minimum atomic E-state index is 0.231. The summed E-state index contributed by atoms with van der Waals surface area (Å²) in [7, 11) is 0. The number of nitrogen functional groups attached to an aromatic ring is 1. The molecule has 5 nitrogen and oxygen atoms in total. The number of nitrogens with one attached hydrogen (secondary N) is 2. The van der Waals surface area contributed by atoms with Gasteiger partial charge in [0.25, 0.3) is 0 Å². The van der Waals surface area contributed by atoms with Gasteiger partial charge in [-0.25, -0.2) is 5.10 Å². The number of rotatable bonds is 3. The molecule has 2 rings (SSSR count). The van der Waals surface area contributed by atoms with Gasteiger partial charge < -0.3 is 11.1 Å². The van der Waals surface area contributed by atoms with E-state index in [-0.39, 0.29) is 5.54 Å². The standard InChI is InChI=1S/C8H15N5/c1-2-8(4-3-5-8)11-7-10-6(9)12-13-7/h2-5H2,1H3,(H4,9,10,11,12,13). The van der Waals surface area contributed by atoms with Crippen molar-refractivity contribution in [1.82, 2.24) is 15.2 Å². The van der Waals surface area contributed by atoms with Crippen LogP contribution in [0, 0.1) is 0 Å². The first-order valence-electron chi connectivity index (χ1n) is 4.70. The van der Waals surface area contributed by atoms with Gasteiger partial charge in [-0.05, 0) is 25.7 Å². The molecule has 72 valence electrons. The van der Waals surface area contributed by atoms with Crippen molar-refractivity contribution in [3.05, 3.63) is 0 Å². The van der Waals surface area contributed by atoms with Crippen LogP contribution >= 0.6 is 0 Å². The van der Waals surface area contributed by atoms with Gasteiger partial charge in [0, 0.05) is 5.54 Å². The lowest BCUT2D eigenvalue weighted by molar-refractivity contribution is 0.268. The molecule has 0 radical (unpaired) electrons. The highest BCUT2D eigenvalue weighted by molar-refractivity contribution is 5.34. The molecular weight excluding hydrogens is 166 g/mol. The highest BCUT2D eigenvalue weighted by Crippen LogP contribution is 2.37. The third-order valence-electron chi connectivity index (χ3n) is 2.87. The molecule has 1 aliphatic rings. The number of hydrogen-bond acceptors (Lipinski definition) is 4. The van der Waals surface area contributed by atoms with E-state index in [1.807, 2.05) is 0 Å². The molecule has 13 heavy (non-hydrogen) atoms. The first-order chi connectivity index (χ1) is 6.24. The zero-order valence-electron chi connectivity index (χ0n) is 7.80. The summed E-state index contributed by atoms with van der Waals surface area (Å²) in [6, 6.07) is 0. The van der Waals surface area contributed by atoms with Gasteiger partial charge >= 0.3 is 0 Å². The molecule has 0 spiro atoms. The zero-order valence-corrected chi connectivity index (χ0v) is 7.80. The van der Waals surface area contributed by atoms with Gasteiger partial charge in [0.05, 0.1) is 0 Å². The maximum Gasteiger partial charge on any atom is 0.244 e. The van der Waals surface area contributed by atoms with Gasteiger partial charge in [-0.3, -0.25) is 0 Å². The largest absolute Gasteiger partial charge is 0.368 e. The van der Waals surface area contributed by atoms with Crippen molar-refractivity contribution in [2.24, 2.45) is 0 Å². The highest BCUT2D eigenvalue weighted by Gasteiger charge is 2.35. The molecule has 1 saturated carbocycles. The molecule has 0 aromatic carbocycles. The molecule has 1 heterocycles. The summed E-state index contributed by atoms with van der Waals surface area (Å²) >= 11 is 0. The predicted molar refractivity (Wildman–Crippen MR) is 51.3 cm³/mol. The highest BCUT2D eigenvalue weighted by atomic mass is 15.3. The maximum absolute atomic E-state index is 5.43. The van der Waals surface area contributed by atoms with Crippen LogP contribution in [0.1, 0.15) is 32.6 Å². The first-order valence-corrected chi connectivity index (χ1v) is 4.70. The minimum Gasteiger partial charge on any atom is -0.368 e. The normalized spacial score (nSPS) is 19.5. The number of aromatic amines is 1. The lowest BCUT2D eigenvalue weighted by Crippen LogP contribution is -2.44. The number of anilines is 2. The van der Waals surface area contributed by atoms with Crippen LogP contribution in [0.4, 0.5) is 11.9 Å². The van der Waals surface area contributed by atoms with Crippen LogP contribution in [0.15, 0.2) is 0 Å². The molecule has 0 aliphatic heterocycles. The summed E-state index contributed by atoms with van der Waals surface area (Å²) in [5, 5.41) is 9.90. The van der Waals surface area contributed by atoms with Crippen LogP contribution in [0.2, 0.25) is 0 Å². The first kappa shape index (κ1) is 8.34. The second-order valence-electron chi connectivity index (χ2n) is 3.66. The average molecular weight is 181 g/mol. The summed E-state index contributed by atoms with van der Waals surface area (Å²) in [6.07, 6.45) is 4.82. The van der Waals surface area contributed by atoms with Crippen molar-refractivity contribution in [2.45, 2.75) is 38.1 Å². The topological polar surface area (TPSA) is 79.6 Å². The zero-order chi connectivity index (χ0) is 9.31. The molecule has 0 amide bonds. The van der Waals surface area contributed by atoms with E-state index in [1.165, 1.54) is 19.3 Å². The lowest BCUT2D eigenvalue weighted by Gasteiger charge is -2.41. The van der Waals surface area contributed by atoms with Gasteiger partial charge in [-0.2, -0.15) is 4.98 Å². The Morgan fingerprint density at radius 3 is 2.77 bits per heavy atom. The fraction of sp³-hybridized carbons (Fsp3) is 0.750. The van der Waals surface area contributed by atoms with E-state index in [4.69, 9.17) is 5.73 Å². The van der Waals surface area contributed by atoms with Crippen LogP contribution in [-0.2, 0) is 0 Å². The number of nitrogens with two attached hydrogens (primary N) is 1. The van der Waals surface area contributed by atoms with Crippen LogP contribution < -0.4 is 11.1 Å². The molecule has 5 heteroatoms. The number of aromatic nitrogens is 3. The van der Waals surface area contributed by atoms with Crippen molar-refractivity contribution in [2.75, 3.05) is 11.1 Å². The molecule has 0 unspecified atom stereocenters. The lowest BCUT2D eigenvalue weighted by atomic mass is 9.75. The van der Waals surface area contributed by atoms with Crippen molar-refractivity contribution < 1.29 is 0 Å². The van der Waals surface area contributed by atoms with Crippen LogP contribution in [0.25, 0.3) is 0 Å². The summed E-state index contributed by atoms with van der Waals surface area (Å²) < 4.78 is 0. The van der Waals surface area contributed by atoms with E-state index in [0.717, 1.165) is 6.42 Å². The Hall–Kier alpha value is -1.26. The minimum absolute atomic E-state index is 0.231. The van der Waals surface area contributed by atoms with Crippen molar-refractivity contribution in [1.29, 1.82) is 0 Å². The second kappa shape index (κ2) is 2.90. The van der Waals surface area contributed by atoms with Gasteiger partial charge in [-0.1, -0.05) is 6.92 Å². The summed E-state index contributed by atoms with van der Waals surface area (Å²) in [5.41, 5.74) is 5.66. The van der Waals surface area contributed by atoms with E-state index >= 15 is 0 Å². The van der Waals surface area contributed by atoms with E-state index in [1.54, 1.807) is 0 Å². The molecule has 1 aromatic rings. The quantitative estimate of drug-likeness (QED) is 0.653. The Morgan fingerprint density at radius 1 is 1.62 bits per heavy atom. The van der Waals surface area contributed by atoms with E-state index < -0.39 is 0 Å². The van der Waals surface area contributed by atoms with Gasteiger partial charge in [0.2, 0.25) is 11.9 Å². The Balaban J connectivity index is 2.04. The third kappa shape index (κ3) is 1.46. The smallest absolute Gasteiger partial charge is 0.244 e. The molecule has 0 bridgehead atoms. The Morgan fingerprint density at radius 2 is 2.38 bits per heavy atom. The summed E-state index contributed by atoms with van der Waals surface area (Å²) in [5.74, 6) is 0.993. The Labute approximate surface area is 77.1 Å². The molecular formula is C8H15N5. The third-order valence-corrected chi connectivity index (χ3v) is 2.87. The van der Waals surface area contributed by atoms with Crippen molar-refractivity contribution in [3.63, 3.8) is 0 Å². The van der Waals surface area contributed by atoms with Crippen LogP contribution in [-0.4, -0.2) is 20.7 Å². The van der Waals surface area contributed by atoms with Crippen molar-refractivity contribution in [3.8, 4) is 0 Å². The van der Waals surface area contributed by atoms with E-state index in [2.05, 4.69) is 27.4 Å². The Kier molecular flexibility index (Phi) is 1.86. The summed E-state index contributed by atoms with van der Waals surface area (Å²) in [4.78, 5) is 4.03. The van der Waals surface area contributed by atoms with Gasteiger partial charge in [-0.15, -0.1) is 5.10 Å². The van der Waals surface area contributed by atoms with Crippen molar-refractivity contribution >= 4 is 11.9 Å². The number of nitrogens with zero attached hydrogens (tertiary/aromatic N) is 2. The molecule has 4 N–H and O–H groups in total. The predicted octanol–water partition coefficient (Wildman–Crippen LogP) is 1.13. The average Bonchev–Trinajstić information content (AvgIpc) is 2.44. The number of H-pyrrole nitrogens is 1. The molecule has 1 aromatic heterocycles. The van der Waals surface area contributed by atoms with Crippen LogP contribution in [0.3, 0.4) is 0 Å². The molecule has 1 fully saturated rings. The van der Waals surface area contributed by atoms with Gasteiger partial charge in [0.15, 0.2) is 0 Å².